The summed E-state index contributed by atoms with van der Waals surface area (Å²) in [6.45, 7) is 1.08. The highest BCUT2D eigenvalue weighted by Crippen LogP contribution is 2.22. The van der Waals surface area contributed by atoms with Gasteiger partial charge in [-0.05, 0) is 72.6 Å². The molecule has 3 aromatic carbocycles. The summed E-state index contributed by atoms with van der Waals surface area (Å²) in [6.07, 6.45) is 10.0. The number of hydrogen-bond donors (Lipinski definition) is 12. The monoisotopic (exact) mass is 1060 g/mol. The molecule has 0 aliphatic carbocycles. The van der Waals surface area contributed by atoms with E-state index in [0.717, 1.165) is 21.8 Å². The first-order chi connectivity index (χ1) is 36.2. The van der Waals surface area contributed by atoms with Crippen molar-refractivity contribution in [2.24, 2.45) is 5.73 Å². The van der Waals surface area contributed by atoms with Crippen LogP contribution in [0.25, 0.3) is 21.8 Å². The second kappa shape index (κ2) is 28.2. The smallest absolute Gasteiger partial charge is 0.326 e. The third-order valence-corrected chi connectivity index (χ3v) is 13.7. The van der Waals surface area contributed by atoms with Gasteiger partial charge in [-0.3, -0.25) is 33.6 Å². The van der Waals surface area contributed by atoms with E-state index >= 15 is 4.79 Å². The molecular formula is C52H64N12O9S2. The maximum Gasteiger partial charge on any atom is 0.326 e. The number of thioether (sulfide) groups is 2. The van der Waals surface area contributed by atoms with Crippen LogP contribution in [0.1, 0.15) is 42.1 Å². The molecule has 0 saturated heterocycles. The molecule has 3 heterocycles. The van der Waals surface area contributed by atoms with Crippen molar-refractivity contribution in [3.63, 3.8) is 0 Å². The van der Waals surface area contributed by atoms with Crippen molar-refractivity contribution in [2.45, 2.75) is 87.7 Å². The van der Waals surface area contributed by atoms with Crippen LogP contribution in [0.15, 0.2) is 104 Å². The number of para-hydroxylation sites is 2. The molecule has 75 heavy (non-hydrogen) atoms. The summed E-state index contributed by atoms with van der Waals surface area (Å²) in [5.74, 6) is -5.28. The lowest BCUT2D eigenvalue weighted by Gasteiger charge is -2.27. The number of nitrogens with two attached hydrogens (primary N) is 1. The molecule has 0 saturated carbocycles. The summed E-state index contributed by atoms with van der Waals surface area (Å²) in [6, 6.07) is 14.8. The Kier molecular flexibility index (Phi) is 21.3. The molecule has 23 heteroatoms. The van der Waals surface area contributed by atoms with E-state index in [1.165, 1.54) is 43.0 Å². The molecular weight excluding hydrogens is 1000 g/mol. The number of carbonyl (C=O) groups excluding carboxylic acids is 7. The summed E-state index contributed by atoms with van der Waals surface area (Å²) in [7, 11) is 0. The van der Waals surface area contributed by atoms with Gasteiger partial charge in [0.25, 0.3) is 0 Å². The van der Waals surface area contributed by atoms with Gasteiger partial charge in [-0.25, -0.2) is 9.78 Å². The van der Waals surface area contributed by atoms with Crippen molar-refractivity contribution >= 4 is 92.6 Å². The highest BCUT2D eigenvalue weighted by molar-refractivity contribution is 7.98. The Morgan fingerprint density at radius 3 is 1.49 bits per heavy atom. The van der Waals surface area contributed by atoms with E-state index in [9.17, 15) is 38.7 Å². The van der Waals surface area contributed by atoms with E-state index in [-0.39, 0.29) is 45.1 Å². The Morgan fingerprint density at radius 2 is 1.00 bits per heavy atom. The minimum Gasteiger partial charge on any atom is -0.480 e. The highest BCUT2D eigenvalue weighted by Gasteiger charge is 2.35. The first-order valence-corrected chi connectivity index (χ1v) is 27.1. The minimum atomic E-state index is -1.40. The second-order valence-corrected chi connectivity index (χ2v) is 19.8. The minimum absolute atomic E-state index is 0.0184. The number of aliphatic carboxylic acids is 1. The van der Waals surface area contributed by atoms with Gasteiger partial charge < -0.3 is 63.0 Å². The van der Waals surface area contributed by atoms with Gasteiger partial charge in [0.1, 0.15) is 42.3 Å². The molecule has 0 aliphatic heterocycles. The number of rotatable bonds is 29. The number of benzene rings is 3. The lowest BCUT2D eigenvalue weighted by atomic mass is 10.00. The van der Waals surface area contributed by atoms with Crippen molar-refractivity contribution in [3.05, 3.63) is 126 Å². The fourth-order valence-corrected chi connectivity index (χ4v) is 9.30. The Morgan fingerprint density at radius 1 is 0.547 bits per heavy atom. The van der Waals surface area contributed by atoms with Crippen molar-refractivity contribution in [2.75, 3.05) is 30.6 Å². The van der Waals surface area contributed by atoms with Crippen LogP contribution in [0.3, 0.4) is 0 Å². The number of aromatic nitrogens is 4. The summed E-state index contributed by atoms with van der Waals surface area (Å²) in [5.41, 5.74) is 9.43. The van der Waals surface area contributed by atoms with Crippen LogP contribution in [-0.2, 0) is 64.0 Å². The third-order valence-electron chi connectivity index (χ3n) is 12.4. The van der Waals surface area contributed by atoms with Gasteiger partial charge in [0.05, 0.1) is 12.9 Å². The predicted octanol–water partition coefficient (Wildman–Crippen LogP) is 1.61. The number of nitrogens with zero attached hydrogens (tertiary/aromatic N) is 1. The Hall–Kier alpha value is -7.63. The van der Waals surface area contributed by atoms with E-state index in [0.29, 0.717) is 33.9 Å². The molecule has 0 aliphatic rings. The third kappa shape index (κ3) is 16.4. The number of nitrogens with one attached hydrogen (secondary N) is 10. The van der Waals surface area contributed by atoms with Crippen molar-refractivity contribution in [3.8, 4) is 0 Å². The topological polar surface area (TPSA) is 327 Å². The van der Waals surface area contributed by atoms with Gasteiger partial charge in [0.15, 0.2) is 0 Å². The van der Waals surface area contributed by atoms with Crippen LogP contribution in [0.5, 0.6) is 0 Å². The zero-order valence-electron chi connectivity index (χ0n) is 41.8. The molecule has 6 rings (SSSR count). The fraction of sp³-hybridized carbons (Fsp3) is 0.365. The zero-order valence-corrected chi connectivity index (χ0v) is 43.4. The molecule has 3 aromatic heterocycles. The summed E-state index contributed by atoms with van der Waals surface area (Å²) < 4.78 is 0. The molecule has 6 aromatic rings. The number of hydrogen-bond acceptors (Lipinski definition) is 12. The van der Waals surface area contributed by atoms with Crippen LogP contribution >= 0.6 is 23.5 Å². The van der Waals surface area contributed by atoms with Gasteiger partial charge >= 0.3 is 5.97 Å². The lowest BCUT2D eigenvalue weighted by Crippen LogP contribution is -2.61. The van der Waals surface area contributed by atoms with E-state index in [2.05, 4.69) is 57.2 Å². The lowest BCUT2D eigenvalue weighted by molar-refractivity contribution is -0.142. The first kappa shape index (κ1) is 56.7. The molecule has 21 nitrogen and oxygen atoms in total. The van der Waals surface area contributed by atoms with E-state index in [4.69, 9.17) is 5.73 Å². The number of imidazole rings is 1. The van der Waals surface area contributed by atoms with Gasteiger partial charge in [-0.15, -0.1) is 0 Å². The average molecular weight is 1070 g/mol. The SMILES string of the molecule is CSCC[C@H](NC(=O)[C@H](Cc1ccccc1)NC(=O)[C@@H](Cc1c[nH]c2ccccc12)NC(=O)[C@@H](Cc1c[nH]c2ccccc12)NC(=O)[C@H](Cc1cnc[nH]1)NC(=O)[C@H](C)NC(=O)[C@H](CCSC)NC(=O)CN)C(=O)O. The number of carboxylic acid groups (broad SMARTS) is 1. The maximum atomic E-state index is 15.0. The number of carbonyl (C=O) groups is 8. The van der Waals surface area contributed by atoms with Gasteiger partial charge in [0, 0.05) is 71.8 Å². The normalized spacial score (nSPS) is 14.0. The van der Waals surface area contributed by atoms with Crippen molar-refractivity contribution in [1.82, 2.24) is 57.2 Å². The molecule has 0 spiro atoms. The molecule has 398 valence electrons. The van der Waals surface area contributed by atoms with Crippen LogP contribution in [-0.4, -0.2) is 145 Å². The zero-order chi connectivity index (χ0) is 53.9. The second-order valence-electron chi connectivity index (χ2n) is 17.9. The summed E-state index contributed by atoms with van der Waals surface area (Å²) in [4.78, 5) is 124. The van der Waals surface area contributed by atoms with E-state index < -0.39 is 89.6 Å². The number of fused-ring (bicyclic) bond motifs is 2. The fourth-order valence-electron chi connectivity index (χ4n) is 8.36. The highest BCUT2D eigenvalue weighted by atomic mass is 32.2. The summed E-state index contributed by atoms with van der Waals surface area (Å²) >= 11 is 2.89. The van der Waals surface area contributed by atoms with Crippen molar-refractivity contribution < 1.29 is 43.5 Å². The first-order valence-electron chi connectivity index (χ1n) is 24.3. The quantitative estimate of drug-likeness (QED) is 0.0318. The molecule has 0 fully saturated rings. The number of amides is 7. The predicted molar refractivity (Wildman–Crippen MR) is 288 cm³/mol. The number of carboxylic acids is 1. The largest absolute Gasteiger partial charge is 0.480 e. The molecule has 7 atom stereocenters. The molecule has 0 bridgehead atoms. The standard InChI is InChI=1S/C52H64N12O9S2/c1-30(58-47(67)39(17-19-74-2)59-45(65)25-53)46(66)61-44(24-34-28-54-29-57-34)51(71)64-43(23-33-27-56-38-16-10-8-14-36(33)38)50(70)63-42(22-32-26-55-37-15-9-7-13-35(32)37)49(69)62-41(21-31-11-5-4-6-12-31)48(68)60-40(52(72)73)18-20-75-3/h4-16,26-30,39-44,55-56H,17-25,53H2,1-3H3,(H,54,57)(H,58,67)(H,59,65)(H,60,68)(H,61,66)(H,62,69)(H,63,70)(H,64,71)(H,72,73)/t30-,39-,40-,41-,42+,43+,44-/m0/s1. The van der Waals surface area contributed by atoms with Gasteiger partial charge in [0.2, 0.25) is 41.4 Å². The van der Waals surface area contributed by atoms with Crippen LogP contribution in [0.4, 0.5) is 0 Å². The average Bonchev–Trinajstić information content (AvgIpc) is 4.19. The van der Waals surface area contributed by atoms with Gasteiger partial charge in [-0.2, -0.15) is 23.5 Å². The number of H-pyrrole nitrogens is 3. The Labute approximate surface area is 441 Å². The van der Waals surface area contributed by atoms with Crippen LogP contribution < -0.4 is 43.0 Å². The molecule has 0 unspecified atom stereocenters. The molecule has 7 amide bonds. The number of aromatic amines is 3. The molecule has 13 N–H and O–H groups in total. The maximum absolute atomic E-state index is 15.0. The Balaban J connectivity index is 1.31. The van der Waals surface area contributed by atoms with Crippen LogP contribution in [0, 0.1) is 0 Å². The Bertz CT molecular complexity index is 2900. The van der Waals surface area contributed by atoms with E-state index in [1.54, 1.807) is 42.7 Å². The molecule has 0 radical (unpaired) electrons. The summed E-state index contributed by atoms with van der Waals surface area (Å²) in [5, 5.41) is 30.6. The van der Waals surface area contributed by atoms with Crippen LogP contribution in [0.2, 0.25) is 0 Å². The van der Waals surface area contributed by atoms with Gasteiger partial charge in [-0.1, -0.05) is 66.7 Å². The van der Waals surface area contributed by atoms with Crippen molar-refractivity contribution in [1.29, 1.82) is 0 Å². The van der Waals surface area contributed by atoms with E-state index in [1.807, 2.05) is 61.0 Å².